The van der Waals surface area contributed by atoms with Crippen molar-refractivity contribution in [2.45, 2.75) is 39.2 Å². The summed E-state index contributed by atoms with van der Waals surface area (Å²) in [6.45, 7) is 3.63. The van der Waals surface area contributed by atoms with Crippen LogP contribution in [0.4, 0.5) is 0 Å². The van der Waals surface area contributed by atoms with Gasteiger partial charge in [-0.15, -0.1) is 0 Å². The summed E-state index contributed by atoms with van der Waals surface area (Å²) < 4.78 is 2.30. The van der Waals surface area contributed by atoms with Gasteiger partial charge in [0.15, 0.2) is 0 Å². The topological polar surface area (TPSA) is 42.3 Å². The number of nitrogens with zero attached hydrogens (tertiary/aromatic N) is 2. The van der Waals surface area contributed by atoms with Crippen LogP contribution in [-0.2, 0) is 6.54 Å². The van der Waals surface area contributed by atoms with Gasteiger partial charge in [-0.2, -0.15) is 0 Å². The molecule has 4 heteroatoms. The molecule has 0 bridgehead atoms. The minimum absolute atomic E-state index is 0.148. The zero-order chi connectivity index (χ0) is 18.8. The monoisotopic (exact) mass is 360 g/mol. The second-order valence-corrected chi connectivity index (χ2v) is 7.29. The van der Waals surface area contributed by atoms with E-state index < -0.39 is 0 Å². The fourth-order valence-corrected chi connectivity index (χ4v) is 3.86. The second kappa shape index (κ2) is 7.39. The summed E-state index contributed by atoms with van der Waals surface area (Å²) in [4.78, 5) is 26.1. The fourth-order valence-electron chi connectivity index (χ4n) is 3.86. The van der Waals surface area contributed by atoms with Crippen molar-refractivity contribution >= 4 is 22.7 Å². The number of rotatable bonds is 7. The maximum absolute atomic E-state index is 12.3. The Morgan fingerprint density at radius 1 is 0.778 bits per heavy atom. The van der Waals surface area contributed by atoms with Gasteiger partial charge in [0, 0.05) is 24.8 Å². The van der Waals surface area contributed by atoms with Crippen LogP contribution in [0.5, 0.6) is 0 Å². The quantitative estimate of drug-likeness (QED) is 0.448. The summed E-state index contributed by atoms with van der Waals surface area (Å²) in [6, 6.07) is 15.8. The predicted molar refractivity (Wildman–Crippen MR) is 107 cm³/mol. The van der Waals surface area contributed by atoms with Crippen molar-refractivity contribution in [1.82, 2.24) is 9.47 Å². The number of aromatic nitrogens is 1. The highest BCUT2D eigenvalue weighted by atomic mass is 16.2. The molecule has 0 unspecified atom stereocenters. The number of carbonyl (C=O) groups is 2. The molecule has 0 fully saturated rings. The maximum atomic E-state index is 12.3. The molecule has 1 aliphatic rings. The molecule has 1 aliphatic heterocycles. The largest absolute Gasteiger partial charge is 0.347 e. The normalized spacial score (nSPS) is 13.6. The molecular weight excluding hydrogens is 336 g/mol. The third-order valence-corrected chi connectivity index (χ3v) is 5.34. The van der Waals surface area contributed by atoms with Gasteiger partial charge in [-0.1, -0.05) is 36.6 Å². The molecule has 0 spiro atoms. The van der Waals surface area contributed by atoms with Gasteiger partial charge in [-0.25, -0.2) is 0 Å². The fraction of sp³-hybridized carbons (Fsp3) is 0.304. The van der Waals surface area contributed by atoms with Crippen LogP contribution in [0.2, 0.25) is 0 Å². The molecule has 0 radical (unpaired) electrons. The molecule has 0 saturated carbocycles. The lowest BCUT2D eigenvalue weighted by molar-refractivity contribution is 0.0651. The highest BCUT2D eigenvalue weighted by molar-refractivity contribution is 6.21. The molecule has 2 aromatic carbocycles. The Hall–Kier alpha value is -2.88. The van der Waals surface area contributed by atoms with Crippen molar-refractivity contribution < 1.29 is 9.59 Å². The summed E-state index contributed by atoms with van der Waals surface area (Å²) in [6.07, 6.45) is 6.22. The molecule has 138 valence electrons. The van der Waals surface area contributed by atoms with E-state index in [1.165, 1.54) is 21.4 Å². The van der Waals surface area contributed by atoms with Crippen LogP contribution < -0.4 is 0 Å². The highest BCUT2D eigenvalue weighted by Gasteiger charge is 2.34. The molecule has 27 heavy (non-hydrogen) atoms. The molecule has 0 saturated heterocycles. The Bertz CT molecular complexity index is 968. The zero-order valence-corrected chi connectivity index (χ0v) is 15.6. The van der Waals surface area contributed by atoms with E-state index in [4.69, 9.17) is 0 Å². The lowest BCUT2D eigenvalue weighted by Crippen LogP contribution is -2.30. The van der Waals surface area contributed by atoms with Gasteiger partial charge in [0.05, 0.1) is 11.1 Å². The molecule has 0 aliphatic carbocycles. The number of aryl methyl sites for hydroxylation is 2. The first-order valence-corrected chi connectivity index (χ1v) is 9.66. The van der Waals surface area contributed by atoms with Crippen molar-refractivity contribution in [2.75, 3.05) is 6.54 Å². The average Bonchev–Trinajstić information content (AvgIpc) is 3.18. The number of carbonyl (C=O) groups excluding carboxylic acids is 2. The zero-order valence-electron chi connectivity index (χ0n) is 15.6. The van der Waals surface area contributed by atoms with Crippen molar-refractivity contribution in [2.24, 2.45) is 0 Å². The number of unbranched alkanes of at least 4 members (excludes halogenated alkanes) is 3. The van der Waals surface area contributed by atoms with E-state index in [0.717, 1.165) is 32.2 Å². The first-order chi connectivity index (χ1) is 13.1. The van der Waals surface area contributed by atoms with Crippen molar-refractivity contribution in [1.29, 1.82) is 0 Å². The van der Waals surface area contributed by atoms with Gasteiger partial charge in [-0.3, -0.25) is 14.5 Å². The average molecular weight is 360 g/mol. The summed E-state index contributed by atoms with van der Waals surface area (Å²) in [5, 5.41) is 1.29. The number of fused-ring (bicyclic) bond motifs is 2. The molecule has 4 nitrogen and oxygen atoms in total. The number of benzene rings is 2. The van der Waals surface area contributed by atoms with E-state index in [1.807, 2.05) is 0 Å². The number of hydrogen-bond donors (Lipinski definition) is 0. The van der Waals surface area contributed by atoms with Crippen LogP contribution in [0.1, 0.15) is 52.0 Å². The molecule has 2 heterocycles. The van der Waals surface area contributed by atoms with Gasteiger partial charge in [0.1, 0.15) is 0 Å². The van der Waals surface area contributed by atoms with E-state index in [9.17, 15) is 9.59 Å². The van der Waals surface area contributed by atoms with Gasteiger partial charge >= 0.3 is 0 Å². The minimum atomic E-state index is -0.148. The summed E-state index contributed by atoms with van der Waals surface area (Å²) in [5.74, 6) is -0.297. The SMILES string of the molecule is Cc1ccc2c(ccn2CCCCCCN2C(=O)c3ccccc3C2=O)c1. The Balaban J connectivity index is 1.23. The maximum Gasteiger partial charge on any atom is 0.261 e. The number of hydrogen-bond acceptors (Lipinski definition) is 2. The molecule has 0 atom stereocenters. The Morgan fingerprint density at radius 3 is 2.15 bits per heavy atom. The van der Waals surface area contributed by atoms with Gasteiger partial charge < -0.3 is 4.57 Å². The molecular formula is C23H24N2O2. The Labute approximate surface area is 159 Å². The minimum Gasteiger partial charge on any atom is -0.347 e. The number of amides is 2. The van der Waals surface area contributed by atoms with Crippen LogP contribution in [0.15, 0.2) is 54.7 Å². The van der Waals surface area contributed by atoms with Crippen molar-refractivity contribution in [3.8, 4) is 0 Å². The first-order valence-electron chi connectivity index (χ1n) is 9.66. The Morgan fingerprint density at radius 2 is 1.44 bits per heavy atom. The van der Waals surface area contributed by atoms with Gasteiger partial charge in [0.25, 0.3) is 11.8 Å². The third-order valence-electron chi connectivity index (χ3n) is 5.34. The van der Waals surface area contributed by atoms with E-state index in [1.54, 1.807) is 24.3 Å². The van der Waals surface area contributed by atoms with Crippen molar-refractivity contribution in [3.05, 3.63) is 71.4 Å². The van der Waals surface area contributed by atoms with Crippen LogP contribution in [0.25, 0.3) is 10.9 Å². The summed E-state index contributed by atoms with van der Waals surface area (Å²) in [7, 11) is 0. The van der Waals surface area contributed by atoms with Crippen LogP contribution in [0.3, 0.4) is 0 Å². The summed E-state index contributed by atoms with van der Waals surface area (Å²) in [5.41, 5.74) is 3.65. The van der Waals surface area contributed by atoms with E-state index in [-0.39, 0.29) is 11.8 Å². The smallest absolute Gasteiger partial charge is 0.261 e. The third kappa shape index (κ3) is 3.39. The van der Waals surface area contributed by atoms with Gasteiger partial charge in [0.2, 0.25) is 0 Å². The molecule has 2 amide bonds. The van der Waals surface area contributed by atoms with Gasteiger partial charge in [-0.05, 0) is 55.5 Å². The van der Waals surface area contributed by atoms with E-state index in [0.29, 0.717) is 17.7 Å². The van der Waals surface area contributed by atoms with Crippen molar-refractivity contribution in [3.63, 3.8) is 0 Å². The van der Waals surface area contributed by atoms with Crippen LogP contribution in [0, 0.1) is 6.92 Å². The lowest BCUT2D eigenvalue weighted by atomic mass is 10.1. The predicted octanol–water partition coefficient (Wildman–Crippen LogP) is 4.81. The standard InChI is InChI=1S/C23H24N2O2/c1-17-10-11-21-18(16-17)12-15-24(21)13-6-2-3-7-14-25-22(26)19-8-4-5-9-20(19)23(25)27/h4-5,8-12,15-16H,2-3,6-7,13-14H2,1H3. The molecule has 3 aromatic rings. The molecule has 4 rings (SSSR count). The molecule has 1 aromatic heterocycles. The molecule has 0 N–H and O–H groups in total. The second-order valence-electron chi connectivity index (χ2n) is 7.29. The lowest BCUT2D eigenvalue weighted by Gasteiger charge is -2.13. The van der Waals surface area contributed by atoms with E-state index >= 15 is 0 Å². The van der Waals surface area contributed by atoms with Crippen LogP contribution in [-0.4, -0.2) is 27.8 Å². The first kappa shape index (κ1) is 17.5. The highest BCUT2D eigenvalue weighted by Crippen LogP contribution is 2.23. The Kier molecular flexibility index (Phi) is 4.80. The van der Waals surface area contributed by atoms with E-state index in [2.05, 4.69) is 42.0 Å². The number of imide groups is 1. The van der Waals surface area contributed by atoms with Crippen LogP contribution >= 0.6 is 0 Å². The summed E-state index contributed by atoms with van der Waals surface area (Å²) >= 11 is 0.